The maximum absolute atomic E-state index is 13.2. The zero-order valence-corrected chi connectivity index (χ0v) is 20.4. The molecule has 0 heterocycles. The van der Waals surface area contributed by atoms with E-state index in [4.69, 9.17) is 14.2 Å². The van der Waals surface area contributed by atoms with Gasteiger partial charge in [0.25, 0.3) is 0 Å². The van der Waals surface area contributed by atoms with E-state index in [2.05, 4.69) is 5.32 Å². The van der Waals surface area contributed by atoms with E-state index < -0.39 is 22.0 Å². The summed E-state index contributed by atoms with van der Waals surface area (Å²) in [6, 6.07) is 9.18. The van der Waals surface area contributed by atoms with Crippen molar-refractivity contribution in [1.82, 2.24) is 5.32 Å². The lowest BCUT2D eigenvalue weighted by atomic mass is 10.0. The molecule has 2 aromatic carbocycles. The lowest BCUT2D eigenvalue weighted by molar-refractivity contribution is -0.122. The third-order valence-corrected chi connectivity index (χ3v) is 6.49. The van der Waals surface area contributed by atoms with Gasteiger partial charge in [0.2, 0.25) is 15.9 Å². The first-order valence-electron chi connectivity index (χ1n) is 10.2. The summed E-state index contributed by atoms with van der Waals surface area (Å²) in [5.41, 5.74) is 2.09. The molecule has 0 aliphatic heterocycles. The Morgan fingerprint density at radius 1 is 1.03 bits per heavy atom. The Hall–Kier alpha value is -2.94. The second-order valence-corrected chi connectivity index (χ2v) is 9.33. The van der Waals surface area contributed by atoms with E-state index in [-0.39, 0.29) is 11.7 Å². The monoisotopic (exact) mass is 464 g/mol. The van der Waals surface area contributed by atoms with E-state index in [1.807, 2.05) is 32.0 Å². The first-order valence-corrected chi connectivity index (χ1v) is 12.1. The molecule has 2 atom stereocenters. The molecule has 0 saturated carbocycles. The van der Waals surface area contributed by atoms with E-state index in [0.29, 0.717) is 17.9 Å². The zero-order valence-electron chi connectivity index (χ0n) is 19.6. The van der Waals surface area contributed by atoms with Crippen molar-refractivity contribution in [2.75, 3.05) is 31.9 Å². The first-order chi connectivity index (χ1) is 15.1. The molecule has 0 aliphatic rings. The number of ether oxygens (including phenoxy) is 3. The highest BCUT2D eigenvalue weighted by Crippen LogP contribution is 2.35. The van der Waals surface area contributed by atoms with Gasteiger partial charge in [0.05, 0.1) is 39.3 Å². The van der Waals surface area contributed by atoms with Crippen LogP contribution in [0.1, 0.15) is 37.4 Å². The molecule has 32 heavy (non-hydrogen) atoms. The summed E-state index contributed by atoms with van der Waals surface area (Å²) in [4.78, 5) is 13.2. The predicted molar refractivity (Wildman–Crippen MR) is 125 cm³/mol. The van der Waals surface area contributed by atoms with Crippen LogP contribution in [0, 0.1) is 6.92 Å². The Bertz CT molecular complexity index is 1050. The van der Waals surface area contributed by atoms with Gasteiger partial charge in [-0.25, -0.2) is 8.42 Å². The number of carbonyl (C=O) groups is 1. The van der Waals surface area contributed by atoms with Gasteiger partial charge in [0, 0.05) is 6.07 Å². The number of nitrogens with one attached hydrogen (secondary N) is 1. The SMILES string of the molecule is CC[C@H](NC(=O)[C@H](C)N(c1cc(OC)ccc1OC)S(C)(=O)=O)c1ccc(OC)c(C)c1. The van der Waals surface area contributed by atoms with Crippen LogP contribution < -0.4 is 23.8 Å². The quantitative estimate of drug-likeness (QED) is 0.579. The molecule has 0 unspecified atom stereocenters. The number of hydrogen-bond acceptors (Lipinski definition) is 6. The summed E-state index contributed by atoms with van der Waals surface area (Å²) in [6.45, 7) is 5.43. The first kappa shape index (κ1) is 25.3. The molecule has 0 spiro atoms. The number of hydrogen-bond donors (Lipinski definition) is 1. The van der Waals surface area contributed by atoms with Crippen molar-refractivity contribution in [1.29, 1.82) is 0 Å². The van der Waals surface area contributed by atoms with Crippen LogP contribution in [0.4, 0.5) is 5.69 Å². The molecular weight excluding hydrogens is 432 g/mol. The summed E-state index contributed by atoms with van der Waals surface area (Å²) in [5, 5.41) is 2.98. The summed E-state index contributed by atoms with van der Waals surface area (Å²) in [5.74, 6) is 1.09. The molecule has 176 valence electrons. The van der Waals surface area contributed by atoms with Gasteiger partial charge < -0.3 is 19.5 Å². The van der Waals surface area contributed by atoms with Gasteiger partial charge in [-0.1, -0.05) is 19.1 Å². The van der Waals surface area contributed by atoms with Crippen LogP contribution in [-0.2, 0) is 14.8 Å². The fraction of sp³-hybridized carbons (Fsp3) is 0.435. The molecule has 1 N–H and O–H groups in total. The van der Waals surface area contributed by atoms with Gasteiger partial charge in [-0.05, 0) is 49.6 Å². The molecule has 0 bridgehead atoms. The highest BCUT2D eigenvalue weighted by molar-refractivity contribution is 7.92. The van der Waals surface area contributed by atoms with Gasteiger partial charge >= 0.3 is 0 Å². The average Bonchev–Trinajstić information content (AvgIpc) is 2.76. The Balaban J connectivity index is 2.39. The van der Waals surface area contributed by atoms with Crippen molar-refractivity contribution in [2.45, 2.75) is 39.3 Å². The molecule has 0 fully saturated rings. The van der Waals surface area contributed by atoms with Crippen molar-refractivity contribution < 1.29 is 27.4 Å². The Labute approximate surface area is 190 Å². The second kappa shape index (κ2) is 10.6. The minimum atomic E-state index is -3.82. The van der Waals surface area contributed by atoms with Gasteiger partial charge in [0.15, 0.2) is 0 Å². The number of sulfonamides is 1. The molecule has 1 amide bonds. The van der Waals surface area contributed by atoms with Crippen LogP contribution in [0.5, 0.6) is 17.2 Å². The highest BCUT2D eigenvalue weighted by Gasteiger charge is 2.32. The predicted octanol–water partition coefficient (Wildman–Crippen LogP) is 3.44. The van der Waals surface area contributed by atoms with Gasteiger partial charge in [-0.2, -0.15) is 0 Å². The van der Waals surface area contributed by atoms with E-state index in [1.54, 1.807) is 26.2 Å². The number of nitrogens with zero attached hydrogens (tertiary/aromatic N) is 1. The molecule has 0 radical (unpaired) electrons. The largest absolute Gasteiger partial charge is 0.497 e. The molecule has 2 rings (SSSR count). The smallest absolute Gasteiger partial charge is 0.244 e. The van der Waals surface area contributed by atoms with Crippen LogP contribution >= 0.6 is 0 Å². The number of benzene rings is 2. The fourth-order valence-corrected chi connectivity index (χ4v) is 4.75. The van der Waals surface area contributed by atoms with Crippen molar-refractivity contribution in [3.63, 3.8) is 0 Å². The molecular formula is C23H32N2O6S. The average molecular weight is 465 g/mol. The van der Waals surface area contributed by atoms with Crippen LogP contribution in [0.25, 0.3) is 0 Å². The maximum atomic E-state index is 13.2. The molecule has 8 nitrogen and oxygen atoms in total. The van der Waals surface area contributed by atoms with Crippen LogP contribution in [0.15, 0.2) is 36.4 Å². The van der Waals surface area contributed by atoms with Gasteiger partial charge in [0.1, 0.15) is 23.3 Å². The van der Waals surface area contributed by atoms with E-state index in [9.17, 15) is 13.2 Å². The zero-order chi connectivity index (χ0) is 24.1. The number of amides is 1. The van der Waals surface area contributed by atoms with Gasteiger partial charge in [-0.3, -0.25) is 9.10 Å². The van der Waals surface area contributed by atoms with Crippen molar-refractivity contribution >= 4 is 21.6 Å². The van der Waals surface area contributed by atoms with E-state index >= 15 is 0 Å². The fourth-order valence-electron chi connectivity index (χ4n) is 3.58. The lowest BCUT2D eigenvalue weighted by Crippen LogP contribution is -2.48. The molecule has 0 aliphatic carbocycles. The van der Waals surface area contributed by atoms with E-state index in [1.165, 1.54) is 20.3 Å². The number of anilines is 1. The topological polar surface area (TPSA) is 94.2 Å². The Morgan fingerprint density at radius 3 is 2.16 bits per heavy atom. The van der Waals surface area contributed by atoms with Crippen LogP contribution in [0.2, 0.25) is 0 Å². The number of methoxy groups -OCH3 is 3. The second-order valence-electron chi connectivity index (χ2n) is 7.47. The van der Waals surface area contributed by atoms with Crippen molar-refractivity contribution in [3.8, 4) is 17.2 Å². The maximum Gasteiger partial charge on any atom is 0.244 e. The van der Waals surface area contributed by atoms with Crippen molar-refractivity contribution in [3.05, 3.63) is 47.5 Å². The minimum absolute atomic E-state index is 0.227. The number of rotatable bonds is 10. The highest BCUT2D eigenvalue weighted by atomic mass is 32.2. The van der Waals surface area contributed by atoms with E-state index in [0.717, 1.165) is 27.4 Å². The minimum Gasteiger partial charge on any atom is -0.497 e. The summed E-state index contributed by atoms with van der Waals surface area (Å²) < 4.78 is 42.4. The number of carbonyl (C=O) groups excluding carboxylic acids is 1. The molecule has 2 aromatic rings. The normalized spacial score (nSPS) is 13.1. The van der Waals surface area contributed by atoms with Crippen molar-refractivity contribution in [2.24, 2.45) is 0 Å². The third-order valence-electron chi connectivity index (χ3n) is 5.26. The third kappa shape index (κ3) is 5.64. The molecule has 0 saturated heterocycles. The van der Waals surface area contributed by atoms with Gasteiger partial charge in [-0.15, -0.1) is 0 Å². The van der Waals surface area contributed by atoms with Crippen LogP contribution in [0.3, 0.4) is 0 Å². The Morgan fingerprint density at radius 2 is 1.66 bits per heavy atom. The Kier molecular flexibility index (Phi) is 8.38. The lowest BCUT2D eigenvalue weighted by Gasteiger charge is -2.31. The standard InChI is InChI=1S/C23H32N2O6S/c1-8-19(17-9-11-21(30-5)15(2)13-17)24-23(26)16(3)25(32(7,27)28)20-14-18(29-4)10-12-22(20)31-6/h9-14,16,19H,8H2,1-7H3,(H,24,26)/t16-,19-/m0/s1. The number of aryl methyl sites for hydroxylation is 1. The van der Waals surface area contributed by atoms with Crippen LogP contribution in [-0.4, -0.2) is 48.0 Å². The summed E-state index contributed by atoms with van der Waals surface area (Å²) in [7, 11) is 0.706. The molecule has 9 heteroatoms. The molecule has 0 aromatic heterocycles. The summed E-state index contributed by atoms with van der Waals surface area (Å²) >= 11 is 0. The summed E-state index contributed by atoms with van der Waals surface area (Å²) in [6.07, 6.45) is 1.69.